The monoisotopic (exact) mass is 344 g/mol. The number of carbonyl (C=O) groups excluding carboxylic acids is 1. The maximum absolute atomic E-state index is 11.9. The molecule has 0 bridgehead atoms. The molecule has 0 aromatic heterocycles. The lowest BCUT2D eigenvalue weighted by Crippen LogP contribution is -2.12. The number of nitro benzene ring substituents is 1. The molecule has 124 valence electrons. The number of hydrogen-bond acceptors (Lipinski definition) is 3. The summed E-state index contributed by atoms with van der Waals surface area (Å²) in [5.41, 5.74) is 2.04. The molecule has 2 aromatic carbocycles. The van der Waals surface area contributed by atoms with Gasteiger partial charge in [-0.05, 0) is 24.1 Å². The average Bonchev–Trinajstić information content (AvgIpc) is 2.55. The van der Waals surface area contributed by atoms with Crippen molar-refractivity contribution in [2.45, 2.75) is 19.8 Å². The Morgan fingerprint density at radius 2 is 1.96 bits per heavy atom. The van der Waals surface area contributed by atoms with E-state index in [1.54, 1.807) is 24.3 Å². The van der Waals surface area contributed by atoms with Crippen molar-refractivity contribution in [3.05, 3.63) is 75.3 Å². The van der Waals surface area contributed by atoms with Crippen molar-refractivity contribution in [1.82, 2.24) is 0 Å². The Balaban J connectivity index is 2.50. The number of hydrogen-bond donors (Lipinski definition) is 1. The van der Waals surface area contributed by atoms with Crippen molar-refractivity contribution in [3.63, 3.8) is 0 Å². The molecule has 0 unspecified atom stereocenters. The molecule has 5 nitrogen and oxygen atoms in total. The third kappa shape index (κ3) is 4.00. The smallest absolute Gasteiger partial charge is 0.270 e. The zero-order valence-corrected chi connectivity index (χ0v) is 14.0. The van der Waals surface area contributed by atoms with Crippen molar-refractivity contribution in [1.29, 1.82) is 0 Å². The Labute approximate surface area is 145 Å². The molecule has 2 rings (SSSR count). The highest BCUT2D eigenvalue weighted by atomic mass is 35.5. The van der Waals surface area contributed by atoms with Crippen molar-refractivity contribution in [2.24, 2.45) is 0 Å². The molecular formula is C18H17ClN2O3. The number of nitrogens with zero attached hydrogens (tertiary/aromatic N) is 1. The largest absolute Gasteiger partial charge is 0.326 e. The molecular weight excluding hydrogens is 328 g/mol. The minimum Gasteiger partial charge on any atom is -0.326 e. The van der Waals surface area contributed by atoms with E-state index in [9.17, 15) is 14.9 Å². The number of carbonyl (C=O) groups is 1. The molecule has 0 aliphatic heterocycles. The third-order valence-electron chi connectivity index (χ3n) is 3.49. The zero-order valence-electron chi connectivity index (χ0n) is 13.2. The second-order valence-corrected chi connectivity index (χ2v) is 5.65. The standard InChI is InChI=1S/C18H17ClN2O3/c1-3-6-18(22)20-17-10-9-13(21(23)24)11-15(17)12(2)14-7-4-5-8-16(14)19/h4-5,7-11H,2-3,6H2,1H3,(H,20,22). The van der Waals surface area contributed by atoms with Crippen LogP contribution < -0.4 is 5.32 Å². The molecule has 0 radical (unpaired) electrons. The van der Waals surface area contributed by atoms with E-state index in [0.717, 1.165) is 0 Å². The zero-order chi connectivity index (χ0) is 17.7. The first-order chi connectivity index (χ1) is 11.4. The lowest BCUT2D eigenvalue weighted by molar-refractivity contribution is -0.384. The second kappa shape index (κ2) is 7.75. The van der Waals surface area contributed by atoms with Gasteiger partial charge < -0.3 is 5.32 Å². The molecule has 6 heteroatoms. The maximum Gasteiger partial charge on any atom is 0.270 e. The van der Waals surface area contributed by atoms with Crippen molar-refractivity contribution in [3.8, 4) is 0 Å². The second-order valence-electron chi connectivity index (χ2n) is 5.24. The van der Waals surface area contributed by atoms with Crippen LogP contribution in [0.2, 0.25) is 5.02 Å². The molecule has 24 heavy (non-hydrogen) atoms. The molecule has 0 saturated heterocycles. The SMILES string of the molecule is C=C(c1ccccc1Cl)c1cc([N+](=O)[O-])ccc1NC(=O)CCC. The predicted octanol–water partition coefficient (Wildman–Crippen LogP) is 5.05. The van der Waals surface area contributed by atoms with E-state index in [1.807, 2.05) is 6.92 Å². The molecule has 0 aliphatic carbocycles. The number of nitrogens with one attached hydrogen (secondary N) is 1. The van der Waals surface area contributed by atoms with Crippen LogP contribution in [-0.2, 0) is 4.79 Å². The van der Waals surface area contributed by atoms with Crippen LogP contribution in [-0.4, -0.2) is 10.8 Å². The molecule has 0 atom stereocenters. The minimum absolute atomic E-state index is 0.0771. The summed E-state index contributed by atoms with van der Waals surface area (Å²) < 4.78 is 0. The van der Waals surface area contributed by atoms with Crippen LogP contribution >= 0.6 is 11.6 Å². The molecule has 2 aromatic rings. The Kier molecular flexibility index (Phi) is 5.71. The van der Waals surface area contributed by atoms with Gasteiger partial charge in [0.25, 0.3) is 5.69 Å². The van der Waals surface area contributed by atoms with E-state index < -0.39 is 4.92 Å². The predicted molar refractivity (Wildman–Crippen MR) is 96.2 cm³/mol. The van der Waals surface area contributed by atoms with Gasteiger partial charge in [0.2, 0.25) is 5.91 Å². The number of benzene rings is 2. The normalized spacial score (nSPS) is 10.2. The van der Waals surface area contributed by atoms with Crippen molar-refractivity contribution >= 4 is 34.5 Å². The van der Waals surface area contributed by atoms with Crippen molar-refractivity contribution in [2.75, 3.05) is 5.32 Å². The first-order valence-corrected chi connectivity index (χ1v) is 7.84. The lowest BCUT2D eigenvalue weighted by Gasteiger charge is -2.14. The van der Waals surface area contributed by atoms with E-state index in [2.05, 4.69) is 11.9 Å². The van der Waals surface area contributed by atoms with E-state index in [-0.39, 0.29) is 11.6 Å². The average molecular weight is 345 g/mol. The fraction of sp³-hybridized carbons (Fsp3) is 0.167. The fourth-order valence-electron chi connectivity index (χ4n) is 2.30. The number of rotatable bonds is 6. The van der Waals surface area contributed by atoms with Crippen LogP contribution in [0.25, 0.3) is 5.57 Å². The number of amides is 1. The number of anilines is 1. The minimum atomic E-state index is -0.485. The van der Waals surface area contributed by atoms with Crippen LogP contribution in [0, 0.1) is 10.1 Å². The molecule has 1 amide bonds. The van der Waals surface area contributed by atoms with Crippen LogP contribution in [0.4, 0.5) is 11.4 Å². The fourth-order valence-corrected chi connectivity index (χ4v) is 2.55. The topological polar surface area (TPSA) is 72.2 Å². The van der Waals surface area contributed by atoms with Gasteiger partial charge in [0.15, 0.2) is 0 Å². The van der Waals surface area contributed by atoms with Gasteiger partial charge in [-0.1, -0.05) is 43.3 Å². The molecule has 0 fully saturated rings. The lowest BCUT2D eigenvalue weighted by atomic mass is 9.97. The van der Waals surface area contributed by atoms with E-state index in [1.165, 1.54) is 18.2 Å². The Hall–Kier alpha value is -2.66. The van der Waals surface area contributed by atoms with E-state index >= 15 is 0 Å². The third-order valence-corrected chi connectivity index (χ3v) is 3.82. The Morgan fingerprint density at radius 1 is 1.25 bits per heavy atom. The van der Waals surface area contributed by atoms with Gasteiger partial charge in [-0.2, -0.15) is 0 Å². The highest BCUT2D eigenvalue weighted by molar-refractivity contribution is 6.32. The molecule has 1 N–H and O–H groups in total. The van der Waals surface area contributed by atoms with Crippen molar-refractivity contribution < 1.29 is 9.72 Å². The van der Waals surface area contributed by atoms with Gasteiger partial charge in [0.1, 0.15) is 0 Å². The number of nitro groups is 1. The summed E-state index contributed by atoms with van der Waals surface area (Å²) in [5.74, 6) is -0.153. The van der Waals surface area contributed by atoms with Crippen LogP contribution in [0.1, 0.15) is 30.9 Å². The Morgan fingerprint density at radius 3 is 2.58 bits per heavy atom. The van der Waals surface area contributed by atoms with Crippen LogP contribution in [0.5, 0.6) is 0 Å². The van der Waals surface area contributed by atoms with Crippen LogP contribution in [0.15, 0.2) is 49.0 Å². The van der Waals surface area contributed by atoms with Gasteiger partial charge >= 0.3 is 0 Å². The first kappa shape index (κ1) is 17.7. The van der Waals surface area contributed by atoms with Gasteiger partial charge in [-0.3, -0.25) is 14.9 Å². The highest BCUT2D eigenvalue weighted by Crippen LogP contribution is 2.34. The summed E-state index contributed by atoms with van der Waals surface area (Å²) in [6.45, 7) is 5.91. The highest BCUT2D eigenvalue weighted by Gasteiger charge is 2.17. The Bertz CT molecular complexity index is 803. The summed E-state index contributed by atoms with van der Waals surface area (Å²) in [6, 6.07) is 11.4. The van der Waals surface area contributed by atoms with Gasteiger partial charge in [-0.15, -0.1) is 0 Å². The number of halogens is 1. The summed E-state index contributed by atoms with van der Waals surface area (Å²) in [6.07, 6.45) is 1.08. The summed E-state index contributed by atoms with van der Waals surface area (Å²) >= 11 is 6.20. The molecule has 0 aliphatic rings. The van der Waals surface area contributed by atoms with Gasteiger partial charge in [0, 0.05) is 40.4 Å². The van der Waals surface area contributed by atoms with Gasteiger partial charge in [-0.25, -0.2) is 0 Å². The molecule has 0 spiro atoms. The number of non-ortho nitro benzene ring substituents is 1. The summed E-state index contributed by atoms with van der Waals surface area (Å²) in [7, 11) is 0. The maximum atomic E-state index is 11.9. The summed E-state index contributed by atoms with van der Waals surface area (Å²) in [4.78, 5) is 22.5. The molecule has 0 heterocycles. The summed E-state index contributed by atoms with van der Waals surface area (Å²) in [5, 5.41) is 14.3. The molecule has 0 saturated carbocycles. The first-order valence-electron chi connectivity index (χ1n) is 7.46. The van der Waals surface area contributed by atoms with E-state index in [4.69, 9.17) is 11.6 Å². The van der Waals surface area contributed by atoms with Gasteiger partial charge in [0.05, 0.1) is 4.92 Å². The van der Waals surface area contributed by atoms with Crippen LogP contribution in [0.3, 0.4) is 0 Å². The quantitative estimate of drug-likeness (QED) is 0.588. The van der Waals surface area contributed by atoms with E-state index in [0.29, 0.717) is 40.3 Å².